The van der Waals surface area contributed by atoms with Gasteiger partial charge >= 0.3 is 12.2 Å². The number of anilines is 1. The number of halogens is 2. The Kier molecular flexibility index (Phi) is 6.58. The third kappa shape index (κ3) is 4.66. The van der Waals surface area contributed by atoms with Gasteiger partial charge in [-0.15, -0.1) is 0 Å². The number of nitrogens with zero attached hydrogens (tertiary/aromatic N) is 6. The lowest BCUT2D eigenvalue weighted by Crippen LogP contribution is -2.53. The summed E-state index contributed by atoms with van der Waals surface area (Å²) in [5, 5.41) is 9.47. The Morgan fingerprint density at radius 3 is 2.91 bits per heavy atom. The third-order valence-electron chi connectivity index (χ3n) is 10.9. The summed E-state index contributed by atoms with van der Waals surface area (Å²) in [4.78, 5) is 32.1. The van der Waals surface area contributed by atoms with Crippen molar-refractivity contribution in [1.82, 2.24) is 30.0 Å². The average molecular weight is 648 g/mol. The summed E-state index contributed by atoms with van der Waals surface area (Å²) in [6.45, 7) is 3.43. The van der Waals surface area contributed by atoms with Crippen molar-refractivity contribution in [1.29, 1.82) is 0 Å². The maximum atomic E-state index is 14.5. The van der Waals surface area contributed by atoms with Gasteiger partial charge in [-0.25, -0.2) is 9.18 Å². The molecule has 4 aromatic rings. The average Bonchev–Trinajstić information content (AvgIpc) is 3.72. The maximum Gasteiger partial charge on any atom is 0.508 e. The topological polar surface area (TPSA) is 119 Å². The molecule has 2 atom stereocenters. The quantitative estimate of drug-likeness (QED) is 0.280. The van der Waals surface area contributed by atoms with Gasteiger partial charge in [-0.05, 0) is 68.2 Å². The molecule has 3 aromatic heterocycles. The molecular formula is C33H35ClFN7O4. The van der Waals surface area contributed by atoms with Gasteiger partial charge in [-0.3, -0.25) is 15.0 Å². The second-order valence-corrected chi connectivity index (χ2v) is 14.3. The van der Waals surface area contributed by atoms with Crippen LogP contribution in [0.3, 0.4) is 0 Å². The standard InChI is InChI=1S/C33H35ClFN7O4/c34-24-9-26-22(15-37-40-26)28-21(24)3-8-44-31(43)46-20-12-32(13-20)4-1-6-41(17-32)29-23-14-36-27(28)10-25(23)38-30(39-29)45-18-33-5-2-7-42(33)16-19(35)11-33/h9-10,14-15,19-20H,1-8,11-13,16-18H2,(H,37,40)/t19-,20?,32?,33+/m1/s1. The molecule has 240 valence electrons. The fourth-order valence-electron chi connectivity index (χ4n) is 8.83. The second kappa shape index (κ2) is 10.6. The van der Waals surface area contributed by atoms with E-state index in [9.17, 15) is 9.18 Å². The molecule has 1 aliphatic carbocycles. The van der Waals surface area contributed by atoms with Crippen molar-refractivity contribution in [3.63, 3.8) is 0 Å². The van der Waals surface area contributed by atoms with Crippen molar-refractivity contribution in [3.05, 3.63) is 35.1 Å². The summed E-state index contributed by atoms with van der Waals surface area (Å²) < 4.78 is 32.2. The van der Waals surface area contributed by atoms with Gasteiger partial charge in [0.2, 0.25) is 0 Å². The van der Waals surface area contributed by atoms with Crippen LogP contribution in [0.5, 0.6) is 6.01 Å². The molecule has 1 N–H and O–H groups in total. The zero-order chi connectivity index (χ0) is 31.0. The number of nitrogens with one attached hydrogen (secondary N) is 1. The molecule has 0 unspecified atom stereocenters. The highest BCUT2D eigenvalue weighted by Crippen LogP contribution is 2.50. The first kappa shape index (κ1) is 28.5. The Morgan fingerprint density at radius 2 is 2.00 bits per heavy atom. The number of hydrogen-bond acceptors (Lipinski definition) is 10. The number of hydrogen-bond donors (Lipinski definition) is 1. The smallest absolute Gasteiger partial charge is 0.461 e. The minimum atomic E-state index is -0.839. The first-order chi connectivity index (χ1) is 22.4. The minimum Gasteiger partial charge on any atom is -0.461 e. The van der Waals surface area contributed by atoms with Gasteiger partial charge < -0.3 is 19.1 Å². The number of aromatic amines is 1. The van der Waals surface area contributed by atoms with Crippen LogP contribution < -0.4 is 9.64 Å². The molecular weight excluding hydrogens is 613 g/mol. The Morgan fingerprint density at radius 1 is 1.11 bits per heavy atom. The zero-order valence-electron chi connectivity index (χ0n) is 25.4. The molecule has 4 fully saturated rings. The molecule has 1 spiro atoms. The molecule has 13 heteroatoms. The number of carbonyl (C=O) groups excluding carboxylic acids is 1. The number of ether oxygens (including phenoxy) is 3. The van der Waals surface area contributed by atoms with E-state index >= 15 is 0 Å². The van der Waals surface area contributed by atoms with E-state index in [0.717, 1.165) is 91.4 Å². The van der Waals surface area contributed by atoms with Crippen LogP contribution >= 0.6 is 11.6 Å². The number of piperidine rings is 1. The van der Waals surface area contributed by atoms with Crippen LogP contribution in [-0.2, 0) is 15.9 Å². The van der Waals surface area contributed by atoms with Gasteiger partial charge in [-0.1, -0.05) is 11.6 Å². The van der Waals surface area contributed by atoms with E-state index in [4.69, 9.17) is 40.8 Å². The van der Waals surface area contributed by atoms with E-state index in [1.807, 2.05) is 18.3 Å². The van der Waals surface area contributed by atoms with Crippen LogP contribution in [0.25, 0.3) is 33.1 Å². The number of carbonyl (C=O) groups is 1. The lowest BCUT2D eigenvalue weighted by molar-refractivity contribution is -0.0717. The highest BCUT2D eigenvalue weighted by molar-refractivity contribution is 6.33. The molecule has 1 saturated carbocycles. The highest BCUT2D eigenvalue weighted by atomic mass is 35.5. The number of alkyl halides is 1. The predicted molar refractivity (Wildman–Crippen MR) is 169 cm³/mol. The number of pyridine rings is 1. The van der Waals surface area contributed by atoms with Gasteiger partial charge in [0.1, 0.15) is 24.7 Å². The number of rotatable bonds is 3. The second-order valence-electron chi connectivity index (χ2n) is 13.8. The largest absolute Gasteiger partial charge is 0.508 e. The molecule has 3 saturated heterocycles. The molecule has 11 nitrogen and oxygen atoms in total. The molecule has 7 bridgehead atoms. The summed E-state index contributed by atoms with van der Waals surface area (Å²) in [6, 6.07) is 4.07. The van der Waals surface area contributed by atoms with Crippen molar-refractivity contribution < 1.29 is 23.4 Å². The summed E-state index contributed by atoms with van der Waals surface area (Å²) in [6.07, 6.45) is 8.33. The highest BCUT2D eigenvalue weighted by Gasteiger charge is 2.50. The monoisotopic (exact) mass is 647 g/mol. The number of benzene rings is 1. The Hall–Kier alpha value is -3.77. The maximum absolute atomic E-state index is 14.5. The van der Waals surface area contributed by atoms with Crippen LogP contribution in [0, 0.1) is 5.41 Å². The Labute approximate surface area is 269 Å². The van der Waals surface area contributed by atoms with E-state index in [0.29, 0.717) is 42.2 Å². The summed E-state index contributed by atoms with van der Waals surface area (Å²) in [7, 11) is 0. The summed E-state index contributed by atoms with van der Waals surface area (Å²) >= 11 is 6.83. The summed E-state index contributed by atoms with van der Waals surface area (Å²) in [5.41, 5.74) is 3.43. The van der Waals surface area contributed by atoms with Gasteiger partial charge in [-0.2, -0.15) is 15.1 Å². The van der Waals surface area contributed by atoms with E-state index in [1.165, 1.54) is 0 Å². The van der Waals surface area contributed by atoms with Gasteiger partial charge in [0.15, 0.2) is 0 Å². The summed E-state index contributed by atoms with van der Waals surface area (Å²) in [5.74, 6) is 0.779. The zero-order valence-corrected chi connectivity index (χ0v) is 26.2. The van der Waals surface area contributed by atoms with Crippen molar-refractivity contribution >= 4 is 45.4 Å². The van der Waals surface area contributed by atoms with E-state index in [1.54, 1.807) is 6.20 Å². The molecule has 46 heavy (non-hydrogen) atoms. The number of aromatic nitrogens is 5. The van der Waals surface area contributed by atoms with Crippen molar-refractivity contribution in [2.24, 2.45) is 5.41 Å². The molecule has 0 amide bonds. The number of fused-ring (bicyclic) bond motifs is 2. The SMILES string of the molecule is O=C1OCCc2c(Cl)cc3[nH]ncc3c2-c2cc3nc(OC[C@@]45CCCN4C[C@H](F)C5)nc(c3cn2)N2CCCC3(CC(C3)O1)C2. The third-order valence-corrected chi connectivity index (χ3v) is 11.3. The molecule has 1 aromatic carbocycles. The molecule has 11 rings (SSSR count). The fraction of sp³-hybridized carbons (Fsp3) is 0.545. The first-order valence-electron chi connectivity index (χ1n) is 16.3. The minimum absolute atomic E-state index is 0.0305. The number of H-pyrrole nitrogens is 1. The predicted octanol–water partition coefficient (Wildman–Crippen LogP) is 5.64. The van der Waals surface area contributed by atoms with Crippen molar-refractivity contribution in [2.75, 3.05) is 44.3 Å². The van der Waals surface area contributed by atoms with Crippen LogP contribution in [-0.4, -0.2) is 93.4 Å². The molecule has 9 heterocycles. The van der Waals surface area contributed by atoms with E-state index < -0.39 is 12.3 Å². The van der Waals surface area contributed by atoms with Gasteiger partial charge in [0, 0.05) is 54.6 Å². The first-order valence-corrected chi connectivity index (χ1v) is 16.7. The van der Waals surface area contributed by atoms with Crippen LogP contribution in [0.2, 0.25) is 5.02 Å². The fourth-order valence-corrected chi connectivity index (χ4v) is 9.13. The lowest BCUT2D eigenvalue weighted by atomic mass is 9.62. The lowest BCUT2D eigenvalue weighted by Gasteiger charge is -2.52. The van der Waals surface area contributed by atoms with Crippen LogP contribution in [0.1, 0.15) is 50.5 Å². The van der Waals surface area contributed by atoms with Crippen molar-refractivity contribution in [3.8, 4) is 17.3 Å². The van der Waals surface area contributed by atoms with Crippen LogP contribution in [0.15, 0.2) is 24.5 Å². The molecule has 6 aliphatic heterocycles. The molecule has 7 aliphatic rings. The Bertz CT molecular complexity index is 1860. The van der Waals surface area contributed by atoms with Gasteiger partial charge in [0.05, 0.1) is 40.5 Å². The van der Waals surface area contributed by atoms with Crippen molar-refractivity contribution in [2.45, 2.75) is 69.2 Å². The Balaban J connectivity index is 1.18. The van der Waals surface area contributed by atoms with Crippen LogP contribution in [0.4, 0.5) is 15.0 Å². The van der Waals surface area contributed by atoms with Gasteiger partial charge in [0.25, 0.3) is 0 Å². The normalized spacial score (nSPS) is 29.3. The molecule has 0 radical (unpaired) electrons. The van der Waals surface area contributed by atoms with E-state index in [2.05, 4.69) is 20.0 Å². The van der Waals surface area contributed by atoms with E-state index in [-0.39, 0.29) is 29.7 Å².